The van der Waals surface area contributed by atoms with Gasteiger partial charge in [-0.3, -0.25) is 9.59 Å². The third-order valence-electron chi connectivity index (χ3n) is 3.59. The molecule has 0 aliphatic rings. The van der Waals surface area contributed by atoms with Gasteiger partial charge >= 0.3 is 6.18 Å². The Balaban J connectivity index is 1.99. The molecule has 2 aromatic carbocycles. The van der Waals surface area contributed by atoms with E-state index in [9.17, 15) is 22.8 Å². The summed E-state index contributed by atoms with van der Waals surface area (Å²) in [6, 6.07) is 11.2. The standard InChI is InChI=1S/C20H19F3N2O2/c1-13(2)19(27)25-17-5-3-4-16(12-17)24-18(26)11-8-14-6-9-15(10-7-14)20(21,22)23/h3-13H,1-2H3,(H,24,26)(H,25,27)/b11-8+. The van der Waals surface area contributed by atoms with E-state index in [2.05, 4.69) is 10.6 Å². The lowest BCUT2D eigenvalue weighted by molar-refractivity contribution is -0.137. The third kappa shape index (κ3) is 6.29. The molecule has 0 saturated heterocycles. The van der Waals surface area contributed by atoms with E-state index in [1.807, 2.05) is 0 Å². The maximum atomic E-state index is 12.5. The second-order valence-corrected chi connectivity index (χ2v) is 6.17. The highest BCUT2D eigenvalue weighted by molar-refractivity contribution is 6.02. The van der Waals surface area contributed by atoms with Crippen molar-refractivity contribution < 1.29 is 22.8 Å². The largest absolute Gasteiger partial charge is 0.416 e. The molecule has 0 atom stereocenters. The Morgan fingerprint density at radius 3 is 2.11 bits per heavy atom. The zero-order valence-corrected chi connectivity index (χ0v) is 14.8. The molecule has 0 aliphatic carbocycles. The summed E-state index contributed by atoms with van der Waals surface area (Å²) in [7, 11) is 0. The summed E-state index contributed by atoms with van der Waals surface area (Å²) in [4.78, 5) is 23.7. The van der Waals surface area contributed by atoms with E-state index in [1.54, 1.807) is 38.1 Å². The molecule has 142 valence electrons. The second-order valence-electron chi connectivity index (χ2n) is 6.17. The van der Waals surface area contributed by atoms with Crippen molar-refractivity contribution in [1.29, 1.82) is 0 Å². The molecule has 27 heavy (non-hydrogen) atoms. The molecule has 0 aliphatic heterocycles. The lowest BCUT2D eigenvalue weighted by Gasteiger charge is -2.09. The zero-order valence-electron chi connectivity index (χ0n) is 14.8. The van der Waals surface area contributed by atoms with Crippen molar-refractivity contribution in [2.75, 3.05) is 10.6 Å². The Morgan fingerprint density at radius 1 is 0.963 bits per heavy atom. The van der Waals surface area contributed by atoms with Crippen molar-refractivity contribution in [3.63, 3.8) is 0 Å². The smallest absolute Gasteiger partial charge is 0.326 e. The monoisotopic (exact) mass is 376 g/mol. The van der Waals surface area contributed by atoms with Gasteiger partial charge in [0, 0.05) is 23.4 Å². The van der Waals surface area contributed by atoms with Gasteiger partial charge in [-0.15, -0.1) is 0 Å². The van der Waals surface area contributed by atoms with Crippen LogP contribution in [0.2, 0.25) is 0 Å². The maximum absolute atomic E-state index is 12.5. The Hall–Kier alpha value is -3.09. The van der Waals surface area contributed by atoms with Crippen LogP contribution in [0, 0.1) is 5.92 Å². The summed E-state index contributed by atoms with van der Waals surface area (Å²) in [5.41, 5.74) is 0.761. The van der Waals surface area contributed by atoms with Gasteiger partial charge in [0.2, 0.25) is 11.8 Å². The molecule has 0 radical (unpaired) electrons. The van der Waals surface area contributed by atoms with Gasteiger partial charge in [-0.05, 0) is 42.0 Å². The number of benzene rings is 2. The Bertz CT molecular complexity index is 841. The first kappa shape index (κ1) is 20.2. The van der Waals surface area contributed by atoms with Crippen LogP contribution in [0.15, 0.2) is 54.6 Å². The number of carbonyl (C=O) groups is 2. The van der Waals surface area contributed by atoms with Crippen molar-refractivity contribution in [2.24, 2.45) is 5.92 Å². The Labute approximate surface area is 155 Å². The van der Waals surface area contributed by atoms with Crippen LogP contribution in [0.4, 0.5) is 24.5 Å². The van der Waals surface area contributed by atoms with Crippen LogP contribution < -0.4 is 10.6 Å². The number of halogens is 3. The van der Waals surface area contributed by atoms with E-state index in [0.29, 0.717) is 16.9 Å². The molecule has 0 spiro atoms. The predicted molar refractivity (Wildman–Crippen MR) is 99.0 cm³/mol. The lowest BCUT2D eigenvalue weighted by Crippen LogP contribution is -2.17. The molecule has 2 aromatic rings. The Morgan fingerprint density at radius 2 is 1.56 bits per heavy atom. The van der Waals surface area contributed by atoms with E-state index < -0.39 is 17.6 Å². The summed E-state index contributed by atoms with van der Waals surface area (Å²) in [6.45, 7) is 3.54. The average Bonchev–Trinajstić information content (AvgIpc) is 2.60. The molecule has 4 nitrogen and oxygen atoms in total. The van der Waals surface area contributed by atoms with Gasteiger partial charge in [-0.2, -0.15) is 13.2 Å². The number of nitrogens with one attached hydrogen (secondary N) is 2. The summed E-state index contributed by atoms with van der Waals surface area (Å²) in [5, 5.41) is 5.36. The molecule has 0 saturated carbocycles. The lowest BCUT2D eigenvalue weighted by atomic mass is 10.1. The zero-order chi connectivity index (χ0) is 20.0. The molecule has 0 aromatic heterocycles. The Kier molecular flexibility index (Phi) is 6.39. The molecule has 2 amide bonds. The van der Waals surface area contributed by atoms with Gasteiger partial charge in [0.05, 0.1) is 5.56 Å². The number of hydrogen-bond acceptors (Lipinski definition) is 2. The van der Waals surface area contributed by atoms with Crippen LogP contribution in [0.5, 0.6) is 0 Å². The topological polar surface area (TPSA) is 58.2 Å². The molecular formula is C20H19F3N2O2. The fraction of sp³-hybridized carbons (Fsp3) is 0.200. The molecule has 7 heteroatoms. The van der Waals surface area contributed by atoms with Crippen molar-refractivity contribution >= 4 is 29.3 Å². The molecule has 0 unspecified atom stereocenters. The van der Waals surface area contributed by atoms with Crippen LogP contribution in [-0.2, 0) is 15.8 Å². The predicted octanol–water partition coefficient (Wildman–Crippen LogP) is 4.95. The number of carbonyl (C=O) groups excluding carboxylic acids is 2. The molecule has 0 fully saturated rings. The van der Waals surface area contributed by atoms with Crippen molar-refractivity contribution in [2.45, 2.75) is 20.0 Å². The summed E-state index contributed by atoms with van der Waals surface area (Å²) in [6.07, 6.45) is -1.75. The first-order chi connectivity index (χ1) is 12.6. The highest BCUT2D eigenvalue weighted by Crippen LogP contribution is 2.29. The SMILES string of the molecule is CC(C)C(=O)Nc1cccc(NC(=O)/C=C/c2ccc(C(F)(F)F)cc2)c1. The van der Waals surface area contributed by atoms with Crippen molar-refractivity contribution in [1.82, 2.24) is 0 Å². The van der Waals surface area contributed by atoms with Crippen molar-refractivity contribution in [3.8, 4) is 0 Å². The number of anilines is 2. The van der Waals surface area contributed by atoms with E-state index in [4.69, 9.17) is 0 Å². The normalized spacial score (nSPS) is 11.6. The van der Waals surface area contributed by atoms with Crippen LogP contribution >= 0.6 is 0 Å². The number of amides is 2. The molecule has 0 bridgehead atoms. The first-order valence-electron chi connectivity index (χ1n) is 8.22. The number of rotatable bonds is 5. The average molecular weight is 376 g/mol. The van der Waals surface area contributed by atoms with E-state index in [1.165, 1.54) is 24.3 Å². The first-order valence-corrected chi connectivity index (χ1v) is 8.22. The number of alkyl halides is 3. The fourth-order valence-corrected chi connectivity index (χ4v) is 2.10. The van der Waals surface area contributed by atoms with Crippen LogP contribution in [0.25, 0.3) is 6.08 Å². The summed E-state index contributed by atoms with van der Waals surface area (Å²) < 4.78 is 37.6. The molecule has 0 heterocycles. The highest BCUT2D eigenvalue weighted by atomic mass is 19.4. The third-order valence-corrected chi connectivity index (χ3v) is 3.59. The van der Waals surface area contributed by atoms with E-state index in [0.717, 1.165) is 12.1 Å². The van der Waals surface area contributed by atoms with Gasteiger partial charge in [0.1, 0.15) is 0 Å². The summed E-state index contributed by atoms with van der Waals surface area (Å²) >= 11 is 0. The highest BCUT2D eigenvalue weighted by Gasteiger charge is 2.29. The van der Waals surface area contributed by atoms with Gasteiger partial charge in [-0.25, -0.2) is 0 Å². The van der Waals surface area contributed by atoms with Gasteiger partial charge in [0.25, 0.3) is 0 Å². The second kappa shape index (κ2) is 8.53. The quantitative estimate of drug-likeness (QED) is 0.726. The maximum Gasteiger partial charge on any atom is 0.416 e. The van der Waals surface area contributed by atoms with Crippen LogP contribution in [0.3, 0.4) is 0 Å². The van der Waals surface area contributed by atoms with E-state index >= 15 is 0 Å². The minimum absolute atomic E-state index is 0.138. The minimum Gasteiger partial charge on any atom is -0.326 e. The minimum atomic E-state index is -4.39. The van der Waals surface area contributed by atoms with Gasteiger partial charge < -0.3 is 10.6 Å². The van der Waals surface area contributed by atoms with E-state index in [-0.39, 0.29) is 11.8 Å². The van der Waals surface area contributed by atoms with Gasteiger partial charge in [-0.1, -0.05) is 32.0 Å². The van der Waals surface area contributed by atoms with Crippen LogP contribution in [-0.4, -0.2) is 11.8 Å². The summed E-state index contributed by atoms with van der Waals surface area (Å²) in [5.74, 6) is -0.752. The number of hydrogen-bond donors (Lipinski definition) is 2. The molecule has 2 N–H and O–H groups in total. The van der Waals surface area contributed by atoms with Crippen LogP contribution in [0.1, 0.15) is 25.0 Å². The molecular weight excluding hydrogens is 357 g/mol. The van der Waals surface area contributed by atoms with Crippen molar-refractivity contribution in [3.05, 3.63) is 65.7 Å². The fourth-order valence-electron chi connectivity index (χ4n) is 2.10. The van der Waals surface area contributed by atoms with Gasteiger partial charge in [0.15, 0.2) is 0 Å². The molecule has 2 rings (SSSR count).